The van der Waals surface area contributed by atoms with Crippen molar-refractivity contribution in [3.8, 4) is 0 Å². The Balaban J connectivity index is 1.45. The number of anilines is 1. The molecule has 8 heteroatoms. The second-order valence-electron chi connectivity index (χ2n) is 7.43. The number of piperidine rings is 2. The minimum Gasteiger partial charge on any atom is -0.465 e. The lowest BCUT2D eigenvalue weighted by atomic mass is 9.93. The molecule has 27 heavy (non-hydrogen) atoms. The van der Waals surface area contributed by atoms with Crippen LogP contribution in [-0.2, 0) is 4.79 Å². The van der Waals surface area contributed by atoms with Crippen molar-refractivity contribution in [2.45, 2.75) is 25.7 Å². The number of carbonyl (C=O) groups excluding carboxylic acids is 1. The maximum absolute atomic E-state index is 12.5. The molecule has 2 N–H and O–H groups in total. The van der Waals surface area contributed by atoms with E-state index < -0.39 is 6.09 Å². The van der Waals surface area contributed by atoms with Crippen LogP contribution >= 0.6 is 23.2 Å². The smallest absolute Gasteiger partial charge is 0.407 e. The highest BCUT2D eigenvalue weighted by Gasteiger charge is 2.29. The molecule has 2 heterocycles. The van der Waals surface area contributed by atoms with Crippen LogP contribution in [0.15, 0.2) is 18.2 Å². The van der Waals surface area contributed by atoms with Gasteiger partial charge in [0.25, 0.3) is 0 Å². The molecular weight excluding hydrogens is 389 g/mol. The third-order valence-electron chi connectivity index (χ3n) is 5.45. The zero-order valence-electron chi connectivity index (χ0n) is 15.2. The van der Waals surface area contributed by atoms with Crippen LogP contribution in [0.5, 0.6) is 0 Å². The summed E-state index contributed by atoms with van der Waals surface area (Å²) in [6.45, 7) is 3.90. The Morgan fingerprint density at radius 3 is 2.52 bits per heavy atom. The van der Waals surface area contributed by atoms with Crippen LogP contribution in [-0.4, -0.2) is 59.6 Å². The molecule has 0 bridgehead atoms. The Morgan fingerprint density at radius 1 is 1.11 bits per heavy atom. The van der Waals surface area contributed by atoms with E-state index in [0.717, 1.165) is 45.3 Å². The first-order chi connectivity index (χ1) is 12.9. The number of rotatable bonds is 4. The third-order valence-corrected chi connectivity index (χ3v) is 6.19. The predicted octanol–water partition coefficient (Wildman–Crippen LogP) is 4.03. The molecule has 2 aliphatic heterocycles. The topological polar surface area (TPSA) is 72.9 Å². The Morgan fingerprint density at radius 2 is 1.85 bits per heavy atom. The van der Waals surface area contributed by atoms with E-state index in [-0.39, 0.29) is 11.8 Å². The molecule has 2 aliphatic rings. The van der Waals surface area contributed by atoms with E-state index in [1.165, 1.54) is 4.90 Å². The zero-order chi connectivity index (χ0) is 19.4. The van der Waals surface area contributed by atoms with E-state index in [2.05, 4.69) is 10.2 Å². The Bertz CT molecular complexity index is 693. The van der Waals surface area contributed by atoms with Crippen molar-refractivity contribution in [3.05, 3.63) is 28.2 Å². The second kappa shape index (κ2) is 9.13. The molecule has 0 radical (unpaired) electrons. The quantitative estimate of drug-likeness (QED) is 0.780. The fraction of sp³-hybridized carbons (Fsp3) is 0.579. The van der Waals surface area contributed by atoms with E-state index in [1.54, 1.807) is 18.2 Å². The first-order valence-electron chi connectivity index (χ1n) is 9.38. The number of likely N-dealkylation sites (tertiary alicyclic amines) is 2. The molecule has 0 aromatic heterocycles. The van der Waals surface area contributed by atoms with Crippen LogP contribution in [0, 0.1) is 11.8 Å². The van der Waals surface area contributed by atoms with Crippen molar-refractivity contribution < 1.29 is 14.7 Å². The first-order valence-corrected chi connectivity index (χ1v) is 10.1. The highest BCUT2D eigenvalue weighted by Crippen LogP contribution is 2.27. The van der Waals surface area contributed by atoms with E-state index in [4.69, 9.17) is 28.3 Å². The number of carbonyl (C=O) groups is 2. The Hall–Kier alpha value is -1.50. The minimum absolute atomic E-state index is 0.0161. The maximum Gasteiger partial charge on any atom is 0.407 e. The zero-order valence-corrected chi connectivity index (χ0v) is 16.7. The summed E-state index contributed by atoms with van der Waals surface area (Å²) in [6, 6.07) is 5.08. The fourth-order valence-corrected chi connectivity index (χ4v) is 4.25. The molecule has 6 nitrogen and oxygen atoms in total. The van der Waals surface area contributed by atoms with Gasteiger partial charge >= 0.3 is 6.09 Å². The van der Waals surface area contributed by atoms with Crippen molar-refractivity contribution in [2.24, 2.45) is 11.8 Å². The number of carboxylic acid groups (broad SMARTS) is 1. The van der Waals surface area contributed by atoms with E-state index in [9.17, 15) is 9.59 Å². The summed E-state index contributed by atoms with van der Waals surface area (Å²) in [5.74, 6) is 0.386. The van der Waals surface area contributed by atoms with Crippen LogP contribution < -0.4 is 5.32 Å². The summed E-state index contributed by atoms with van der Waals surface area (Å²) in [5, 5.41) is 13.0. The number of hydrogen-bond donors (Lipinski definition) is 2. The fourth-order valence-electron chi connectivity index (χ4n) is 3.95. The molecule has 0 saturated carbocycles. The Kier molecular flexibility index (Phi) is 6.84. The highest BCUT2D eigenvalue weighted by molar-refractivity contribution is 6.42. The molecular formula is C19H25Cl2N3O3. The molecule has 1 aromatic carbocycles. The summed E-state index contributed by atoms with van der Waals surface area (Å²) in [5.41, 5.74) is 0.660. The number of benzene rings is 1. The lowest BCUT2D eigenvalue weighted by Crippen LogP contribution is -2.45. The molecule has 148 valence electrons. The second-order valence-corrected chi connectivity index (χ2v) is 8.24. The van der Waals surface area contributed by atoms with Crippen LogP contribution in [0.4, 0.5) is 10.5 Å². The lowest BCUT2D eigenvalue weighted by Gasteiger charge is -2.37. The van der Waals surface area contributed by atoms with E-state index in [1.807, 2.05) is 0 Å². The van der Waals surface area contributed by atoms with Gasteiger partial charge in [-0.25, -0.2) is 4.79 Å². The molecule has 0 aliphatic carbocycles. The van der Waals surface area contributed by atoms with Crippen LogP contribution in [0.3, 0.4) is 0 Å². The standard InChI is InChI=1S/C19H25Cl2N3O3/c20-16-4-3-15(10-17(16)21)22-18(25)14-5-8-23(9-6-14)11-13-2-1-7-24(12-13)19(26)27/h3-4,10,13-14H,1-2,5-9,11-12H2,(H,22,25)(H,26,27)/t13-/m0/s1. The number of nitrogens with one attached hydrogen (secondary N) is 1. The van der Waals surface area contributed by atoms with Gasteiger partial charge in [0, 0.05) is 31.2 Å². The third kappa shape index (κ3) is 5.50. The largest absolute Gasteiger partial charge is 0.465 e. The molecule has 2 amide bonds. The van der Waals surface area contributed by atoms with Gasteiger partial charge in [-0.2, -0.15) is 0 Å². The van der Waals surface area contributed by atoms with Gasteiger partial charge in [-0.05, 0) is 62.9 Å². The average Bonchev–Trinajstić information content (AvgIpc) is 2.65. The first kappa shape index (κ1) is 20.2. The minimum atomic E-state index is -0.822. The molecule has 0 spiro atoms. The van der Waals surface area contributed by atoms with Gasteiger partial charge in [0.1, 0.15) is 0 Å². The summed E-state index contributed by atoms with van der Waals surface area (Å²) >= 11 is 11.9. The molecule has 1 atom stereocenters. The molecule has 1 aromatic rings. The number of amides is 2. The van der Waals surface area contributed by atoms with Crippen LogP contribution in [0.25, 0.3) is 0 Å². The maximum atomic E-state index is 12.5. The summed E-state index contributed by atoms with van der Waals surface area (Å²) in [4.78, 5) is 27.5. The molecule has 2 fully saturated rings. The van der Waals surface area contributed by atoms with Gasteiger partial charge in [-0.15, -0.1) is 0 Å². The van der Waals surface area contributed by atoms with Gasteiger partial charge in [-0.1, -0.05) is 23.2 Å². The van der Waals surface area contributed by atoms with Gasteiger partial charge < -0.3 is 20.2 Å². The van der Waals surface area contributed by atoms with E-state index >= 15 is 0 Å². The van der Waals surface area contributed by atoms with Crippen molar-refractivity contribution >= 4 is 40.9 Å². The lowest BCUT2D eigenvalue weighted by molar-refractivity contribution is -0.121. The molecule has 0 unspecified atom stereocenters. The molecule has 2 saturated heterocycles. The number of nitrogens with zero attached hydrogens (tertiary/aromatic N) is 2. The SMILES string of the molecule is O=C(Nc1ccc(Cl)c(Cl)c1)C1CCN(C[C@@H]2CCCN(C(=O)O)C2)CC1. The average molecular weight is 414 g/mol. The number of hydrogen-bond acceptors (Lipinski definition) is 3. The van der Waals surface area contributed by atoms with Crippen molar-refractivity contribution in [1.82, 2.24) is 9.80 Å². The predicted molar refractivity (Wildman–Crippen MR) is 107 cm³/mol. The summed E-state index contributed by atoms with van der Waals surface area (Å²) in [6.07, 6.45) is 2.80. The normalized spacial score (nSPS) is 21.9. The monoisotopic (exact) mass is 413 g/mol. The van der Waals surface area contributed by atoms with Crippen LogP contribution in [0.2, 0.25) is 10.0 Å². The van der Waals surface area contributed by atoms with Gasteiger partial charge in [0.05, 0.1) is 10.0 Å². The summed E-state index contributed by atoms with van der Waals surface area (Å²) < 4.78 is 0. The van der Waals surface area contributed by atoms with E-state index in [0.29, 0.717) is 34.7 Å². The summed E-state index contributed by atoms with van der Waals surface area (Å²) in [7, 11) is 0. The highest BCUT2D eigenvalue weighted by atomic mass is 35.5. The molecule has 3 rings (SSSR count). The van der Waals surface area contributed by atoms with Gasteiger partial charge in [0.2, 0.25) is 5.91 Å². The van der Waals surface area contributed by atoms with Crippen molar-refractivity contribution in [3.63, 3.8) is 0 Å². The van der Waals surface area contributed by atoms with Gasteiger partial charge in [0.15, 0.2) is 0 Å². The van der Waals surface area contributed by atoms with Gasteiger partial charge in [-0.3, -0.25) is 4.79 Å². The van der Waals surface area contributed by atoms with Crippen molar-refractivity contribution in [1.29, 1.82) is 0 Å². The number of halogens is 2. The Labute approximate surface area is 169 Å². The van der Waals surface area contributed by atoms with Crippen molar-refractivity contribution in [2.75, 3.05) is 38.0 Å². The van der Waals surface area contributed by atoms with Crippen LogP contribution in [0.1, 0.15) is 25.7 Å².